The fourth-order valence-electron chi connectivity index (χ4n) is 4.34. The average molecular weight is 433 g/mol. The number of carboxylic acid groups (broad SMARTS) is 1. The maximum Gasteiger partial charge on any atom is 0.404 e. The van der Waals surface area contributed by atoms with Gasteiger partial charge in [0.15, 0.2) is 11.6 Å². The van der Waals surface area contributed by atoms with Crippen LogP contribution in [0.4, 0.5) is 20.8 Å². The van der Waals surface area contributed by atoms with E-state index in [1.54, 1.807) is 11.8 Å². The molecule has 10 nitrogen and oxygen atoms in total. The molecule has 1 saturated heterocycles. The van der Waals surface area contributed by atoms with Gasteiger partial charge in [0, 0.05) is 13.1 Å². The predicted octanol–water partition coefficient (Wildman–Crippen LogP) is 2.32. The van der Waals surface area contributed by atoms with Crippen LogP contribution in [0.15, 0.2) is 0 Å². The molecule has 11 heteroatoms. The number of aryl methyl sites for hydroxylation is 1. The van der Waals surface area contributed by atoms with E-state index in [0.29, 0.717) is 31.1 Å². The highest BCUT2D eigenvalue weighted by molar-refractivity contribution is 5.80. The van der Waals surface area contributed by atoms with Gasteiger partial charge in [-0.25, -0.2) is 14.8 Å². The molecule has 1 aliphatic carbocycles. The first-order valence-corrected chi connectivity index (χ1v) is 10.6. The van der Waals surface area contributed by atoms with Crippen molar-refractivity contribution in [2.45, 2.75) is 57.9 Å². The van der Waals surface area contributed by atoms with Crippen LogP contribution in [0.5, 0.6) is 0 Å². The van der Waals surface area contributed by atoms with Gasteiger partial charge in [0.2, 0.25) is 11.7 Å². The SMILES string of the molecule is Cc1nc(NNC(=O)[C@@H](CNC(=O)O)CC2CCCC2)c(F)c(N2CCC[C@H]2C#N)n1. The Kier molecular flexibility index (Phi) is 7.44. The standard InChI is InChI=1S/C20H28FN7O3/c1-12-24-17(16(21)18(25-12)28-8-4-7-15(28)10-22)26-27-19(29)14(11-23-20(30)31)9-13-5-2-3-6-13/h13-15,23H,2-9,11H2,1H3,(H,27,29)(H,30,31)(H,24,25,26)/t14-,15+/m1/s1. The van der Waals surface area contributed by atoms with Crippen LogP contribution in [-0.4, -0.2) is 46.2 Å². The summed E-state index contributed by atoms with van der Waals surface area (Å²) in [4.78, 5) is 33.4. The highest BCUT2D eigenvalue weighted by Gasteiger charge is 2.30. The summed E-state index contributed by atoms with van der Waals surface area (Å²) < 4.78 is 15.1. The van der Waals surface area contributed by atoms with Crippen LogP contribution in [-0.2, 0) is 4.79 Å². The molecule has 0 unspecified atom stereocenters. The van der Waals surface area contributed by atoms with Crippen molar-refractivity contribution >= 4 is 23.6 Å². The Hall–Kier alpha value is -3.16. The highest BCUT2D eigenvalue weighted by Crippen LogP contribution is 2.31. The Labute approximate surface area is 180 Å². The number of hydrogen-bond donors (Lipinski definition) is 4. The van der Waals surface area contributed by atoms with Gasteiger partial charge in [0.1, 0.15) is 11.9 Å². The molecule has 0 aromatic carbocycles. The summed E-state index contributed by atoms with van der Waals surface area (Å²) in [6.07, 6.45) is 5.01. The van der Waals surface area contributed by atoms with Crippen LogP contribution >= 0.6 is 0 Å². The molecule has 4 N–H and O–H groups in total. The molecule has 2 amide bonds. The van der Waals surface area contributed by atoms with E-state index in [0.717, 1.165) is 32.1 Å². The van der Waals surface area contributed by atoms with Gasteiger partial charge in [0.05, 0.1) is 12.0 Å². The third kappa shape index (κ3) is 5.71. The zero-order valence-corrected chi connectivity index (χ0v) is 17.5. The van der Waals surface area contributed by atoms with Crippen LogP contribution in [0.25, 0.3) is 0 Å². The van der Waals surface area contributed by atoms with Gasteiger partial charge < -0.3 is 15.3 Å². The number of carbonyl (C=O) groups is 2. The van der Waals surface area contributed by atoms with Crippen LogP contribution in [0, 0.1) is 35.9 Å². The van der Waals surface area contributed by atoms with E-state index in [2.05, 4.69) is 32.2 Å². The second-order valence-electron chi connectivity index (χ2n) is 8.12. The molecule has 0 spiro atoms. The van der Waals surface area contributed by atoms with Crippen molar-refractivity contribution in [1.82, 2.24) is 20.7 Å². The number of rotatable bonds is 8. The lowest BCUT2D eigenvalue weighted by atomic mass is 9.92. The summed E-state index contributed by atoms with van der Waals surface area (Å²) in [5, 5.41) is 20.5. The lowest BCUT2D eigenvalue weighted by molar-refractivity contribution is -0.124. The van der Waals surface area contributed by atoms with E-state index in [4.69, 9.17) is 5.11 Å². The number of amides is 2. The zero-order valence-electron chi connectivity index (χ0n) is 17.5. The Balaban J connectivity index is 1.69. The Morgan fingerprint density at radius 1 is 1.29 bits per heavy atom. The molecular weight excluding hydrogens is 405 g/mol. The zero-order chi connectivity index (χ0) is 22.4. The number of aromatic nitrogens is 2. The van der Waals surface area contributed by atoms with E-state index in [1.165, 1.54) is 0 Å². The lowest BCUT2D eigenvalue weighted by Gasteiger charge is -2.23. The van der Waals surface area contributed by atoms with Crippen molar-refractivity contribution in [2.24, 2.45) is 11.8 Å². The first-order chi connectivity index (χ1) is 14.9. The molecule has 168 valence electrons. The topological polar surface area (TPSA) is 143 Å². The van der Waals surface area contributed by atoms with Gasteiger partial charge in [-0.2, -0.15) is 9.65 Å². The van der Waals surface area contributed by atoms with Crippen molar-refractivity contribution in [2.75, 3.05) is 23.4 Å². The molecule has 2 heterocycles. The van der Waals surface area contributed by atoms with Gasteiger partial charge in [-0.05, 0) is 32.1 Å². The van der Waals surface area contributed by atoms with E-state index in [1.807, 2.05) is 0 Å². The molecule has 2 aliphatic rings. The molecular formula is C20H28FN7O3. The number of hydrogen-bond acceptors (Lipinski definition) is 7. The Bertz CT molecular complexity index is 854. The smallest absolute Gasteiger partial charge is 0.404 e. The number of nitrogens with zero attached hydrogens (tertiary/aromatic N) is 4. The molecule has 1 aromatic heterocycles. The molecule has 1 aromatic rings. The van der Waals surface area contributed by atoms with Crippen LogP contribution in [0.3, 0.4) is 0 Å². The normalized spacial score (nSPS) is 19.6. The molecule has 31 heavy (non-hydrogen) atoms. The van der Waals surface area contributed by atoms with Gasteiger partial charge >= 0.3 is 6.09 Å². The minimum atomic E-state index is -1.20. The van der Waals surface area contributed by atoms with Crippen molar-refractivity contribution in [3.05, 3.63) is 11.6 Å². The van der Waals surface area contributed by atoms with Crippen molar-refractivity contribution in [3.63, 3.8) is 0 Å². The number of halogens is 1. The molecule has 0 bridgehead atoms. The second-order valence-corrected chi connectivity index (χ2v) is 8.12. The van der Waals surface area contributed by atoms with E-state index in [9.17, 15) is 14.9 Å². The third-order valence-corrected chi connectivity index (χ3v) is 5.89. The monoisotopic (exact) mass is 433 g/mol. The molecule has 2 atom stereocenters. The number of hydrazine groups is 1. The molecule has 3 rings (SSSR count). The van der Waals surface area contributed by atoms with E-state index < -0.39 is 29.8 Å². The quantitative estimate of drug-likeness (QED) is 0.457. The van der Waals surface area contributed by atoms with Gasteiger partial charge in [0.25, 0.3) is 0 Å². The summed E-state index contributed by atoms with van der Waals surface area (Å²) in [5.74, 6) is -1.26. The van der Waals surface area contributed by atoms with Crippen LogP contribution in [0.2, 0.25) is 0 Å². The largest absolute Gasteiger partial charge is 0.465 e. The Morgan fingerprint density at radius 3 is 2.71 bits per heavy atom. The van der Waals surface area contributed by atoms with Crippen molar-refractivity contribution < 1.29 is 19.1 Å². The van der Waals surface area contributed by atoms with Gasteiger partial charge in [-0.1, -0.05) is 25.7 Å². The molecule has 0 radical (unpaired) electrons. The molecule has 2 fully saturated rings. The fraction of sp³-hybridized carbons (Fsp3) is 0.650. The fourth-order valence-corrected chi connectivity index (χ4v) is 4.34. The lowest BCUT2D eigenvalue weighted by Crippen LogP contribution is -2.42. The third-order valence-electron chi connectivity index (χ3n) is 5.89. The van der Waals surface area contributed by atoms with Crippen LogP contribution in [0.1, 0.15) is 50.8 Å². The van der Waals surface area contributed by atoms with Gasteiger partial charge in [-0.3, -0.25) is 15.6 Å². The summed E-state index contributed by atoms with van der Waals surface area (Å²) in [5.41, 5.74) is 5.00. The highest BCUT2D eigenvalue weighted by atomic mass is 19.1. The maximum atomic E-state index is 15.1. The molecule has 1 aliphatic heterocycles. The number of carbonyl (C=O) groups excluding carboxylic acids is 1. The minimum Gasteiger partial charge on any atom is -0.465 e. The summed E-state index contributed by atoms with van der Waals surface area (Å²) in [6, 6.07) is 1.70. The number of nitriles is 1. The molecule has 1 saturated carbocycles. The first kappa shape index (κ1) is 22.5. The maximum absolute atomic E-state index is 15.1. The average Bonchev–Trinajstić information content (AvgIpc) is 3.42. The second kappa shape index (κ2) is 10.2. The first-order valence-electron chi connectivity index (χ1n) is 10.6. The Morgan fingerprint density at radius 2 is 2.03 bits per heavy atom. The number of anilines is 2. The summed E-state index contributed by atoms with van der Waals surface area (Å²) >= 11 is 0. The predicted molar refractivity (Wildman–Crippen MR) is 111 cm³/mol. The number of nitrogens with one attached hydrogen (secondary N) is 3. The summed E-state index contributed by atoms with van der Waals surface area (Å²) in [7, 11) is 0. The summed E-state index contributed by atoms with van der Waals surface area (Å²) in [6.45, 7) is 2.10. The van der Waals surface area contributed by atoms with Crippen molar-refractivity contribution in [3.8, 4) is 6.07 Å². The van der Waals surface area contributed by atoms with E-state index in [-0.39, 0.29) is 18.2 Å². The van der Waals surface area contributed by atoms with E-state index >= 15 is 4.39 Å². The van der Waals surface area contributed by atoms with Gasteiger partial charge in [-0.15, -0.1) is 0 Å². The van der Waals surface area contributed by atoms with Crippen molar-refractivity contribution in [1.29, 1.82) is 5.26 Å². The minimum absolute atomic E-state index is 0.0203. The van der Waals surface area contributed by atoms with Crippen LogP contribution < -0.4 is 21.1 Å².